The average molecular weight is 229 g/mol. The Morgan fingerprint density at radius 3 is 2.53 bits per heavy atom. The number of hydrogen-bond donors (Lipinski definition) is 1. The Hall–Kier alpha value is -2.03. The highest BCUT2D eigenvalue weighted by atomic mass is 16.4. The maximum Gasteiger partial charge on any atom is 0.337 e. The van der Waals surface area contributed by atoms with E-state index in [1.165, 1.54) is 11.1 Å². The summed E-state index contributed by atoms with van der Waals surface area (Å²) in [4.78, 5) is 10.9. The molecule has 0 radical (unpaired) electrons. The third kappa shape index (κ3) is 2.23. The van der Waals surface area contributed by atoms with Gasteiger partial charge in [0, 0.05) is 18.4 Å². The number of aryl methyl sites for hydroxylation is 1. The third-order valence-corrected chi connectivity index (χ3v) is 3.07. The van der Waals surface area contributed by atoms with Crippen LogP contribution in [0.5, 0.6) is 0 Å². The summed E-state index contributed by atoms with van der Waals surface area (Å²) >= 11 is 0. The number of benzene rings is 1. The molecule has 0 amide bonds. The molecule has 1 aromatic carbocycles. The van der Waals surface area contributed by atoms with Crippen LogP contribution in [0.1, 0.15) is 27.2 Å². The molecule has 0 bridgehead atoms. The first kappa shape index (κ1) is 11.5. The van der Waals surface area contributed by atoms with Gasteiger partial charge in [-0.1, -0.05) is 24.3 Å². The van der Waals surface area contributed by atoms with Crippen molar-refractivity contribution in [2.45, 2.75) is 20.4 Å². The van der Waals surface area contributed by atoms with Crippen LogP contribution < -0.4 is 0 Å². The summed E-state index contributed by atoms with van der Waals surface area (Å²) in [5.74, 6) is -0.869. The van der Waals surface area contributed by atoms with Crippen molar-refractivity contribution in [3.63, 3.8) is 0 Å². The molecule has 2 aromatic rings. The number of aromatic carboxylic acids is 1. The van der Waals surface area contributed by atoms with Crippen LogP contribution in [0, 0.1) is 13.8 Å². The predicted octanol–water partition coefficient (Wildman–Crippen LogP) is 2.85. The molecule has 0 fully saturated rings. The van der Waals surface area contributed by atoms with Crippen LogP contribution in [0.25, 0.3) is 0 Å². The van der Waals surface area contributed by atoms with E-state index < -0.39 is 5.97 Å². The zero-order valence-electron chi connectivity index (χ0n) is 9.97. The Bertz CT molecular complexity index is 555. The first-order chi connectivity index (χ1) is 8.09. The highest BCUT2D eigenvalue weighted by Gasteiger charge is 2.11. The molecule has 0 spiro atoms. The maximum atomic E-state index is 10.9. The average Bonchev–Trinajstić information content (AvgIpc) is 2.64. The van der Waals surface area contributed by atoms with Gasteiger partial charge in [-0.3, -0.25) is 0 Å². The lowest BCUT2D eigenvalue weighted by molar-refractivity contribution is 0.0696. The van der Waals surface area contributed by atoms with E-state index >= 15 is 0 Å². The molecule has 0 atom stereocenters. The molecule has 0 saturated carbocycles. The molecule has 0 unspecified atom stereocenters. The van der Waals surface area contributed by atoms with Gasteiger partial charge >= 0.3 is 5.97 Å². The largest absolute Gasteiger partial charge is 0.478 e. The lowest BCUT2D eigenvalue weighted by Gasteiger charge is -2.09. The number of aromatic nitrogens is 1. The number of carboxylic acids is 1. The Morgan fingerprint density at radius 2 is 1.94 bits per heavy atom. The van der Waals surface area contributed by atoms with Gasteiger partial charge in [-0.05, 0) is 31.0 Å². The monoisotopic (exact) mass is 229 g/mol. The normalized spacial score (nSPS) is 10.5. The minimum absolute atomic E-state index is 0.374. The molecule has 17 heavy (non-hydrogen) atoms. The molecule has 0 aliphatic heterocycles. The van der Waals surface area contributed by atoms with E-state index in [4.69, 9.17) is 5.11 Å². The Labute approximate surface area is 100 Å². The minimum Gasteiger partial charge on any atom is -0.478 e. The fourth-order valence-corrected chi connectivity index (χ4v) is 1.92. The molecule has 0 aliphatic carbocycles. The highest BCUT2D eigenvalue weighted by molar-refractivity contribution is 5.88. The Balaban J connectivity index is 2.31. The van der Waals surface area contributed by atoms with Crippen LogP contribution in [-0.4, -0.2) is 15.6 Å². The van der Waals surface area contributed by atoms with E-state index in [1.807, 2.05) is 29.8 Å². The van der Waals surface area contributed by atoms with Gasteiger partial charge in [0.25, 0.3) is 0 Å². The van der Waals surface area contributed by atoms with Crippen molar-refractivity contribution >= 4 is 5.97 Å². The summed E-state index contributed by atoms with van der Waals surface area (Å²) in [6.45, 7) is 4.61. The van der Waals surface area contributed by atoms with Crippen molar-refractivity contribution in [3.05, 3.63) is 58.9 Å². The van der Waals surface area contributed by atoms with Crippen LogP contribution in [-0.2, 0) is 6.54 Å². The zero-order valence-corrected chi connectivity index (χ0v) is 9.97. The summed E-state index contributed by atoms with van der Waals surface area (Å²) in [6.07, 6.45) is 1.82. The van der Waals surface area contributed by atoms with Gasteiger partial charge in [0.05, 0.1) is 5.56 Å². The van der Waals surface area contributed by atoms with Gasteiger partial charge in [-0.25, -0.2) is 4.79 Å². The molecular weight excluding hydrogens is 214 g/mol. The van der Waals surface area contributed by atoms with Crippen molar-refractivity contribution in [3.8, 4) is 0 Å². The van der Waals surface area contributed by atoms with Crippen molar-refractivity contribution in [2.24, 2.45) is 0 Å². The van der Waals surface area contributed by atoms with E-state index in [-0.39, 0.29) is 0 Å². The van der Waals surface area contributed by atoms with Crippen molar-refractivity contribution in [2.75, 3.05) is 0 Å². The Morgan fingerprint density at radius 1 is 1.24 bits per heavy atom. The summed E-state index contributed by atoms with van der Waals surface area (Å²) < 4.78 is 1.96. The lowest BCUT2D eigenvalue weighted by atomic mass is 10.1. The number of nitrogens with zero attached hydrogens (tertiary/aromatic N) is 1. The van der Waals surface area contributed by atoms with Crippen molar-refractivity contribution in [1.82, 2.24) is 4.57 Å². The third-order valence-electron chi connectivity index (χ3n) is 3.07. The predicted molar refractivity (Wildman–Crippen MR) is 66.4 cm³/mol. The summed E-state index contributed by atoms with van der Waals surface area (Å²) in [5.41, 5.74) is 3.60. The second-order valence-electron chi connectivity index (χ2n) is 4.17. The second-order valence-corrected chi connectivity index (χ2v) is 4.17. The maximum absolute atomic E-state index is 10.9. The molecule has 2 rings (SSSR count). The van der Waals surface area contributed by atoms with Crippen LogP contribution in [0.3, 0.4) is 0 Å². The quantitative estimate of drug-likeness (QED) is 0.879. The summed E-state index contributed by atoms with van der Waals surface area (Å²) in [5, 5.41) is 8.99. The standard InChI is InChI=1S/C14H15NO2/c1-10-5-3-4-6-12(10)9-15-8-7-13(11(15)2)14(16)17/h3-8H,9H2,1-2H3,(H,16,17). The number of rotatable bonds is 3. The molecular formula is C14H15NO2. The van der Waals surface area contributed by atoms with Gasteiger partial charge in [-0.15, -0.1) is 0 Å². The number of carboxylic acid groups (broad SMARTS) is 1. The summed E-state index contributed by atoms with van der Waals surface area (Å²) in [7, 11) is 0. The van der Waals surface area contributed by atoms with E-state index in [0.717, 1.165) is 5.69 Å². The first-order valence-electron chi connectivity index (χ1n) is 5.53. The fraction of sp³-hybridized carbons (Fsp3) is 0.214. The van der Waals surface area contributed by atoms with E-state index in [2.05, 4.69) is 19.1 Å². The first-order valence-corrected chi connectivity index (χ1v) is 5.53. The van der Waals surface area contributed by atoms with Gasteiger partial charge < -0.3 is 9.67 Å². The van der Waals surface area contributed by atoms with Crippen LogP contribution in [0.15, 0.2) is 36.5 Å². The zero-order chi connectivity index (χ0) is 12.4. The highest BCUT2D eigenvalue weighted by Crippen LogP contribution is 2.14. The smallest absolute Gasteiger partial charge is 0.337 e. The fourth-order valence-electron chi connectivity index (χ4n) is 1.92. The molecule has 1 aromatic heterocycles. The molecule has 3 nitrogen and oxygen atoms in total. The second kappa shape index (κ2) is 4.45. The van der Waals surface area contributed by atoms with Crippen molar-refractivity contribution in [1.29, 1.82) is 0 Å². The van der Waals surface area contributed by atoms with E-state index in [0.29, 0.717) is 12.1 Å². The molecule has 3 heteroatoms. The number of hydrogen-bond acceptors (Lipinski definition) is 1. The lowest BCUT2D eigenvalue weighted by Crippen LogP contribution is -2.04. The van der Waals surface area contributed by atoms with Crippen molar-refractivity contribution < 1.29 is 9.90 Å². The number of carbonyl (C=O) groups is 1. The molecule has 88 valence electrons. The van der Waals surface area contributed by atoms with Gasteiger partial charge in [0.1, 0.15) is 0 Å². The SMILES string of the molecule is Cc1ccccc1Cn1ccc(C(=O)O)c1C. The molecule has 0 saturated heterocycles. The van der Waals surface area contributed by atoms with Gasteiger partial charge in [0.15, 0.2) is 0 Å². The Kier molecular flexibility index (Phi) is 3.00. The minimum atomic E-state index is -0.869. The summed E-state index contributed by atoms with van der Waals surface area (Å²) in [6, 6.07) is 9.78. The van der Waals surface area contributed by atoms with E-state index in [9.17, 15) is 4.79 Å². The van der Waals surface area contributed by atoms with Crippen LogP contribution >= 0.6 is 0 Å². The van der Waals surface area contributed by atoms with Crippen LogP contribution in [0.4, 0.5) is 0 Å². The van der Waals surface area contributed by atoms with Crippen LogP contribution in [0.2, 0.25) is 0 Å². The molecule has 0 aliphatic rings. The molecule has 1 N–H and O–H groups in total. The molecule has 1 heterocycles. The topological polar surface area (TPSA) is 42.2 Å². The van der Waals surface area contributed by atoms with E-state index in [1.54, 1.807) is 6.07 Å². The van der Waals surface area contributed by atoms with Gasteiger partial charge in [0.2, 0.25) is 0 Å². The van der Waals surface area contributed by atoms with Gasteiger partial charge in [-0.2, -0.15) is 0 Å².